The van der Waals surface area contributed by atoms with Gasteiger partial charge in [-0.2, -0.15) is 0 Å². The third-order valence-corrected chi connectivity index (χ3v) is 2.51. The van der Waals surface area contributed by atoms with Crippen molar-refractivity contribution in [3.8, 4) is 0 Å². The predicted octanol–water partition coefficient (Wildman–Crippen LogP) is 4.33. The van der Waals surface area contributed by atoms with Gasteiger partial charge in [0.25, 0.3) is 0 Å². The summed E-state index contributed by atoms with van der Waals surface area (Å²) in [5, 5.41) is 2.40. The number of benzene rings is 1. The van der Waals surface area contributed by atoms with Gasteiger partial charge in [-0.3, -0.25) is 4.98 Å². The fourth-order valence-corrected chi connectivity index (χ4v) is 1.99. The molecule has 0 bridgehead atoms. The Balaban J connectivity index is 0.000000461. The van der Waals surface area contributed by atoms with Crippen LogP contribution in [0.2, 0.25) is 0 Å². The Labute approximate surface area is 93.3 Å². The molecule has 0 aliphatic rings. The van der Waals surface area contributed by atoms with Crippen LogP contribution in [0.5, 0.6) is 0 Å². The van der Waals surface area contributed by atoms with Crippen molar-refractivity contribution in [3.63, 3.8) is 0 Å². The topological polar surface area (TPSA) is 12.9 Å². The first-order valence-corrected chi connectivity index (χ1v) is 5.56. The molecule has 0 fully saturated rings. The van der Waals surface area contributed by atoms with E-state index in [0.29, 0.717) is 0 Å². The highest BCUT2D eigenvalue weighted by atomic mass is 79.9. The summed E-state index contributed by atoms with van der Waals surface area (Å²) < 4.78 is 1.12. The van der Waals surface area contributed by atoms with Gasteiger partial charge in [0, 0.05) is 22.3 Å². The maximum atomic E-state index is 4.07. The summed E-state index contributed by atoms with van der Waals surface area (Å²) in [6.45, 7) is 6.09. The summed E-state index contributed by atoms with van der Waals surface area (Å²) in [5.41, 5.74) is 1.26. The Hall–Kier alpha value is -0.890. The van der Waals surface area contributed by atoms with E-state index in [4.69, 9.17) is 0 Å². The second-order valence-corrected chi connectivity index (χ2v) is 3.70. The summed E-state index contributed by atoms with van der Waals surface area (Å²) in [6, 6.07) is 6.28. The van der Waals surface area contributed by atoms with Crippen LogP contribution in [0.4, 0.5) is 0 Å². The molecule has 0 saturated heterocycles. The molecule has 2 heteroatoms. The van der Waals surface area contributed by atoms with Gasteiger partial charge >= 0.3 is 0 Å². The van der Waals surface area contributed by atoms with Crippen LogP contribution in [-0.4, -0.2) is 4.98 Å². The van der Waals surface area contributed by atoms with Crippen LogP contribution >= 0.6 is 15.9 Å². The second-order valence-electron chi connectivity index (χ2n) is 2.84. The van der Waals surface area contributed by atoms with Gasteiger partial charge in [-0.15, -0.1) is 0 Å². The lowest BCUT2D eigenvalue weighted by atomic mass is 10.1. The first-order valence-electron chi connectivity index (χ1n) is 4.77. The maximum absolute atomic E-state index is 4.07. The average molecular weight is 252 g/mol. The third kappa shape index (κ3) is 2.32. The van der Waals surface area contributed by atoms with Crippen LogP contribution in [-0.2, 0) is 0 Å². The zero-order valence-electron chi connectivity index (χ0n) is 8.71. The lowest BCUT2D eigenvalue weighted by Gasteiger charge is -2.00. The van der Waals surface area contributed by atoms with Gasteiger partial charge in [-0.05, 0) is 30.0 Å². The Morgan fingerprint density at radius 1 is 1.21 bits per heavy atom. The van der Waals surface area contributed by atoms with Crippen LogP contribution in [0, 0.1) is 6.92 Å². The number of rotatable bonds is 0. The minimum absolute atomic E-state index is 1.12. The molecule has 0 aliphatic heterocycles. The lowest BCUT2D eigenvalue weighted by molar-refractivity contribution is 1.35. The summed E-state index contributed by atoms with van der Waals surface area (Å²) in [5.74, 6) is 0. The van der Waals surface area contributed by atoms with E-state index in [1.165, 1.54) is 16.3 Å². The summed E-state index contributed by atoms with van der Waals surface area (Å²) in [7, 11) is 0. The Morgan fingerprint density at radius 3 is 2.64 bits per heavy atom. The summed E-state index contributed by atoms with van der Waals surface area (Å²) in [6.07, 6.45) is 3.69. The van der Waals surface area contributed by atoms with Crippen molar-refractivity contribution in [1.29, 1.82) is 0 Å². The molecule has 0 aliphatic carbocycles. The van der Waals surface area contributed by atoms with E-state index in [9.17, 15) is 0 Å². The van der Waals surface area contributed by atoms with Gasteiger partial charge in [0.2, 0.25) is 0 Å². The second kappa shape index (κ2) is 5.11. The van der Waals surface area contributed by atoms with E-state index in [1.54, 1.807) is 0 Å². The van der Waals surface area contributed by atoms with Crippen molar-refractivity contribution in [1.82, 2.24) is 4.98 Å². The number of aromatic nitrogens is 1. The molecular formula is C12H14BrN. The summed E-state index contributed by atoms with van der Waals surface area (Å²) in [4.78, 5) is 4.07. The van der Waals surface area contributed by atoms with E-state index in [2.05, 4.69) is 40.0 Å². The van der Waals surface area contributed by atoms with E-state index in [1.807, 2.05) is 32.3 Å². The van der Waals surface area contributed by atoms with E-state index >= 15 is 0 Å². The molecular weight excluding hydrogens is 238 g/mol. The first kappa shape index (κ1) is 11.2. The minimum atomic E-state index is 1.12. The number of aryl methyl sites for hydroxylation is 1. The number of hydrogen-bond donors (Lipinski definition) is 0. The van der Waals surface area contributed by atoms with Gasteiger partial charge in [0.15, 0.2) is 0 Å². The number of halogens is 1. The largest absolute Gasteiger partial charge is 0.264 e. The highest BCUT2D eigenvalue weighted by Gasteiger charge is 1.98. The van der Waals surface area contributed by atoms with Crippen molar-refractivity contribution < 1.29 is 0 Å². The average Bonchev–Trinajstić information content (AvgIpc) is 2.20. The number of fused-ring (bicyclic) bond motifs is 1. The molecule has 1 heterocycles. The number of hydrogen-bond acceptors (Lipinski definition) is 1. The molecule has 0 N–H and O–H groups in total. The van der Waals surface area contributed by atoms with Gasteiger partial charge in [0.1, 0.15) is 0 Å². The smallest absolute Gasteiger partial charge is 0.0357 e. The SMILES string of the molecule is CC.Cc1cc(Br)c2cnccc2c1. The molecule has 1 aromatic heterocycles. The normalized spacial score (nSPS) is 9.43. The van der Waals surface area contributed by atoms with Crippen molar-refractivity contribution in [3.05, 3.63) is 40.6 Å². The van der Waals surface area contributed by atoms with E-state index < -0.39 is 0 Å². The van der Waals surface area contributed by atoms with E-state index in [0.717, 1.165) is 4.47 Å². The first-order chi connectivity index (χ1) is 6.77. The Kier molecular flexibility index (Phi) is 4.08. The quantitative estimate of drug-likeness (QED) is 0.679. The minimum Gasteiger partial charge on any atom is -0.264 e. The standard InChI is InChI=1S/C10H8BrN.C2H6/c1-7-4-8-2-3-12-6-9(8)10(11)5-7;1-2/h2-6H,1H3;1-2H3. The lowest BCUT2D eigenvalue weighted by Crippen LogP contribution is -1.79. The molecule has 2 aromatic rings. The van der Waals surface area contributed by atoms with Crippen molar-refractivity contribution in [2.45, 2.75) is 20.8 Å². The van der Waals surface area contributed by atoms with Crippen molar-refractivity contribution in [2.24, 2.45) is 0 Å². The predicted molar refractivity (Wildman–Crippen MR) is 65.5 cm³/mol. The van der Waals surface area contributed by atoms with Crippen LogP contribution in [0.15, 0.2) is 35.1 Å². The molecule has 2 rings (SSSR count). The van der Waals surface area contributed by atoms with Gasteiger partial charge in [0.05, 0.1) is 0 Å². The zero-order chi connectivity index (χ0) is 10.6. The van der Waals surface area contributed by atoms with Crippen LogP contribution in [0.3, 0.4) is 0 Å². The molecule has 1 aromatic carbocycles. The van der Waals surface area contributed by atoms with Gasteiger partial charge < -0.3 is 0 Å². The molecule has 14 heavy (non-hydrogen) atoms. The maximum Gasteiger partial charge on any atom is 0.0357 e. The number of nitrogens with zero attached hydrogens (tertiary/aromatic N) is 1. The highest BCUT2D eigenvalue weighted by Crippen LogP contribution is 2.24. The van der Waals surface area contributed by atoms with Crippen LogP contribution in [0.1, 0.15) is 19.4 Å². The third-order valence-electron chi connectivity index (χ3n) is 1.85. The molecule has 0 atom stereocenters. The fraction of sp³-hybridized carbons (Fsp3) is 0.250. The summed E-state index contributed by atoms with van der Waals surface area (Å²) >= 11 is 3.51. The monoisotopic (exact) mass is 251 g/mol. The molecule has 0 amide bonds. The molecule has 0 unspecified atom stereocenters. The number of pyridine rings is 1. The van der Waals surface area contributed by atoms with Crippen molar-refractivity contribution >= 4 is 26.7 Å². The molecule has 0 spiro atoms. The molecule has 1 nitrogen and oxygen atoms in total. The molecule has 0 saturated carbocycles. The highest BCUT2D eigenvalue weighted by molar-refractivity contribution is 9.10. The van der Waals surface area contributed by atoms with Gasteiger partial charge in [-0.1, -0.05) is 35.8 Å². The fourth-order valence-electron chi connectivity index (χ4n) is 1.30. The van der Waals surface area contributed by atoms with Crippen molar-refractivity contribution in [2.75, 3.05) is 0 Å². The molecule has 0 radical (unpaired) electrons. The zero-order valence-corrected chi connectivity index (χ0v) is 10.3. The van der Waals surface area contributed by atoms with Crippen LogP contribution < -0.4 is 0 Å². The van der Waals surface area contributed by atoms with Crippen LogP contribution in [0.25, 0.3) is 10.8 Å². The Morgan fingerprint density at radius 2 is 1.93 bits per heavy atom. The molecule has 74 valence electrons. The van der Waals surface area contributed by atoms with Gasteiger partial charge in [-0.25, -0.2) is 0 Å². The Bertz CT molecular complexity index is 424. The van der Waals surface area contributed by atoms with E-state index in [-0.39, 0.29) is 0 Å².